The third-order valence-electron chi connectivity index (χ3n) is 5.52. The van der Waals surface area contributed by atoms with Crippen LogP contribution < -0.4 is 0 Å². The Balaban J connectivity index is 1.41. The van der Waals surface area contributed by atoms with Crippen molar-refractivity contribution in [3.63, 3.8) is 0 Å². The first-order valence-electron chi connectivity index (χ1n) is 10.5. The van der Waals surface area contributed by atoms with Crippen LogP contribution in [0.2, 0.25) is 10.0 Å². The molecule has 1 unspecified atom stereocenters. The van der Waals surface area contributed by atoms with Crippen LogP contribution in [0.5, 0.6) is 0 Å². The van der Waals surface area contributed by atoms with Gasteiger partial charge in [0.1, 0.15) is 5.82 Å². The lowest BCUT2D eigenvalue weighted by Crippen LogP contribution is -2.52. The summed E-state index contributed by atoms with van der Waals surface area (Å²) in [4.78, 5) is 30.6. The Morgan fingerprint density at radius 2 is 1.70 bits per heavy atom. The third kappa shape index (κ3) is 4.99. The number of aromatic nitrogens is 4. The van der Waals surface area contributed by atoms with Crippen molar-refractivity contribution in [3.05, 3.63) is 63.9 Å². The highest BCUT2D eigenvalue weighted by Gasteiger charge is 2.31. The van der Waals surface area contributed by atoms with E-state index in [0.717, 1.165) is 11.6 Å². The highest BCUT2D eigenvalue weighted by atomic mass is 35.5. The minimum atomic E-state index is -0.604. The SMILES string of the molecule is CCC(C(=O)N1CCN(C(=O)c2ccc(F)cc2Cl)CC1)n1nnc(-c2ccc(Cl)cc2)n1. The van der Waals surface area contributed by atoms with Gasteiger partial charge in [0.25, 0.3) is 5.91 Å². The van der Waals surface area contributed by atoms with Gasteiger partial charge in [0.05, 0.1) is 10.6 Å². The Bertz CT molecular complexity index is 1160. The Morgan fingerprint density at radius 3 is 2.33 bits per heavy atom. The minimum absolute atomic E-state index is 0.0679. The number of nitrogens with zero attached hydrogens (tertiary/aromatic N) is 6. The van der Waals surface area contributed by atoms with E-state index in [-0.39, 0.29) is 22.4 Å². The number of rotatable bonds is 5. The number of carbonyl (C=O) groups is 2. The fraction of sp³-hybridized carbons (Fsp3) is 0.318. The standard InChI is InChI=1S/C22H21Cl2FN6O2/c1-2-19(31-27-20(26-28-31)14-3-5-15(23)6-4-14)22(33)30-11-9-29(10-12-30)21(32)17-8-7-16(25)13-18(17)24/h3-8,13,19H,2,9-12H2,1H3. The molecule has 11 heteroatoms. The van der Waals surface area contributed by atoms with Crippen LogP contribution in [0.4, 0.5) is 4.39 Å². The lowest BCUT2D eigenvalue weighted by atomic mass is 10.1. The summed E-state index contributed by atoms with van der Waals surface area (Å²) in [6, 6.07) is 10.1. The molecule has 1 saturated heterocycles. The van der Waals surface area contributed by atoms with Gasteiger partial charge in [-0.25, -0.2) is 4.39 Å². The molecule has 2 heterocycles. The second-order valence-corrected chi connectivity index (χ2v) is 8.45. The molecule has 0 aliphatic carbocycles. The number of piperazine rings is 1. The molecule has 8 nitrogen and oxygen atoms in total. The van der Waals surface area contributed by atoms with Crippen molar-refractivity contribution in [3.8, 4) is 11.4 Å². The molecular weight excluding hydrogens is 470 g/mol. The second-order valence-electron chi connectivity index (χ2n) is 7.61. The van der Waals surface area contributed by atoms with Crippen molar-refractivity contribution in [1.82, 2.24) is 30.0 Å². The van der Waals surface area contributed by atoms with Crippen LogP contribution in [0, 0.1) is 5.82 Å². The summed E-state index contributed by atoms with van der Waals surface area (Å²) in [6.07, 6.45) is 0.486. The van der Waals surface area contributed by atoms with Gasteiger partial charge >= 0.3 is 0 Å². The minimum Gasteiger partial charge on any atom is -0.337 e. The van der Waals surface area contributed by atoms with Gasteiger partial charge < -0.3 is 9.80 Å². The zero-order valence-corrected chi connectivity index (χ0v) is 19.3. The van der Waals surface area contributed by atoms with E-state index in [1.165, 1.54) is 16.9 Å². The maximum atomic E-state index is 13.3. The van der Waals surface area contributed by atoms with E-state index in [0.29, 0.717) is 43.4 Å². The van der Waals surface area contributed by atoms with Gasteiger partial charge in [-0.05, 0) is 54.1 Å². The number of amides is 2. The summed E-state index contributed by atoms with van der Waals surface area (Å²) in [7, 11) is 0. The van der Waals surface area contributed by atoms with Crippen LogP contribution in [0.3, 0.4) is 0 Å². The summed E-state index contributed by atoms with van der Waals surface area (Å²) in [6.45, 7) is 3.28. The Hall–Kier alpha value is -3.04. The maximum absolute atomic E-state index is 13.3. The van der Waals surface area contributed by atoms with Crippen molar-refractivity contribution >= 4 is 35.0 Å². The maximum Gasteiger partial charge on any atom is 0.255 e. The number of hydrogen-bond donors (Lipinski definition) is 0. The fourth-order valence-corrected chi connectivity index (χ4v) is 4.06. The molecule has 3 aromatic rings. The molecule has 1 fully saturated rings. The lowest BCUT2D eigenvalue weighted by Gasteiger charge is -2.36. The summed E-state index contributed by atoms with van der Waals surface area (Å²) < 4.78 is 13.3. The van der Waals surface area contributed by atoms with Gasteiger partial charge in [0.2, 0.25) is 11.7 Å². The number of carbonyl (C=O) groups excluding carboxylic acids is 2. The molecule has 0 spiro atoms. The summed E-state index contributed by atoms with van der Waals surface area (Å²) >= 11 is 11.9. The quantitative estimate of drug-likeness (QED) is 0.543. The van der Waals surface area contributed by atoms with E-state index >= 15 is 0 Å². The molecule has 172 valence electrons. The van der Waals surface area contributed by atoms with Crippen LogP contribution in [0.25, 0.3) is 11.4 Å². The van der Waals surface area contributed by atoms with Crippen molar-refractivity contribution in [2.45, 2.75) is 19.4 Å². The monoisotopic (exact) mass is 490 g/mol. The summed E-state index contributed by atoms with van der Waals surface area (Å²) in [5.74, 6) is -0.516. The summed E-state index contributed by atoms with van der Waals surface area (Å²) in [5.41, 5.74) is 0.991. The number of halogens is 3. The van der Waals surface area contributed by atoms with Crippen LogP contribution >= 0.6 is 23.2 Å². The molecule has 1 atom stereocenters. The molecule has 1 aliphatic rings. The number of hydrogen-bond acceptors (Lipinski definition) is 5. The topological polar surface area (TPSA) is 84.2 Å². The van der Waals surface area contributed by atoms with Crippen molar-refractivity contribution in [1.29, 1.82) is 0 Å². The van der Waals surface area contributed by atoms with Crippen molar-refractivity contribution in [2.75, 3.05) is 26.2 Å². The predicted molar refractivity (Wildman–Crippen MR) is 121 cm³/mol. The van der Waals surface area contributed by atoms with E-state index in [2.05, 4.69) is 15.4 Å². The second kappa shape index (κ2) is 9.84. The summed E-state index contributed by atoms with van der Waals surface area (Å²) in [5, 5.41) is 13.2. The molecule has 0 bridgehead atoms. The molecule has 2 aromatic carbocycles. The normalized spacial score (nSPS) is 14.9. The molecule has 0 radical (unpaired) electrons. The zero-order chi connectivity index (χ0) is 23.5. The van der Waals surface area contributed by atoms with E-state index in [1.807, 2.05) is 6.92 Å². The van der Waals surface area contributed by atoms with Crippen molar-refractivity contribution < 1.29 is 14.0 Å². The first-order valence-corrected chi connectivity index (χ1v) is 11.2. The van der Waals surface area contributed by atoms with Gasteiger partial charge in [0.15, 0.2) is 6.04 Å². The highest BCUT2D eigenvalue weighted by molar-refractivity contribution is 6.33. The fourth-order valence-electron chi connectivity index (χ4n) is 3.68. The average molecular weight is 491 g/mol. The largest absolute Gasteiger partial charge is 0.337 e. The van der Waals surface area contributed by atoms with Gasteiger partial charge in [-0.3, -0.25) is 9.59 Å². The smallest absolute Gasteiger partial charge is 0.255 e. The first-order chi connectivity index (χ1) is 15.9. The van der Waals surface area contributed by atoms with Gasteiger partial charge in [0, 0.05) is 36.8 Å². The van der Waals surface area contributed by atoms with E-state index in [4.69, 9.17) is 23.2 Å². The first kappa shape index (κ1) is 23.1. The van der Waals surface area contributed by atoms with Crippen molar-refractivity contribution in [2.24, 2.45) is 0 Å². The molecule has 0 N–H and O–H groups in total. The van der Waals surface area contributed by atoms with Crippen LogP contribution in [0.15, 0.2) is 42.5 Å². The van der Waals surface area contributed by atoms with Gasteiger partial charge in [-0.2, -0.15) is 4.80 Å². The van der Waals surface area contributed by atoms with Crippen LogP contribution in [0.1, 0.15) is 29.7 Å². The third-order valence-corrected chi connectivity index (χ3v) is 6.09. The Kier molecular flexibility index (Phi) is 6.90. The molecular formula is C22H21Cl2FN6O2. The van der Waals surface area contributed by atoms with E-state index in [9.17, 15) is 14.0 Å². The Labute approximate surface area is 199 Å². The lowest BCUT2D eigenvalue weighted by molar-refractivity contribution is -0.137. The van der Waals surface area contributed by atoms with Crippen LogP contribution in [-0.4, -0.2) is 68.0 Å². The number of benzene rings is 2. The van der Waals surface area contributed by atoms with E-state index < -0.39 is 11.9 Å². The Morgan fingerprint density at radius 1 is 1.03 bits per heavy atom. The molecule has 33 heavy (non-hydrogen) atoms. The molecule has 2 amide bonds. The van der Waals surface area contributed by atoms with Gasteiger partial charge in [-0.1, -0.05) is 30.1 Å². The zero-order valence-electron chi connectivity index (χ0n) is 17.8. The highest BCUT2D eigenvalue weighted by Crippen LogP contribution is 2.22. The number of tetrazole rings is 1. The molecule has 1 aliphatic heterocycles. The average Bonchev–Trinajstić information content (AvgIpc) is 3.29. The molecule has 4 rings (SSSR count). The van der Waals surface area contributed by atoms with Gasteiger partial charge in [-0.15, -0.1) is 10.2 Å². The predicted octanol–water partition coefficient (Wildman–Crippen LogP) is 3.72. The molecule has 0 saturated carbocycles. The van der Waals surface area contributed by atoms with E-state index in [1.54, 1.807) is 34.1 Å². The molecule has 1 aromatic heterocycles. The van der Waals surface area contributed by atoms with Crippen LogP contribution in [-0.2, 0) is 4.79 Å².